The summed E-state index contributed by atoms with van der Waals surface area (Å²) in [6, 6.07) is 0. The third-order valence-electron chi connectivity index (χ3n) is 9.46. The molecule has 1 saturated carbocycles. The first kappa shape index (κ1) is 35.5. The van der Waals surface area contributed by atoms with Crippen molar-refractivity contribution in [2.75, 3.05) is 6.61 Å². The quantitative estimate of drug-likeness (QED) is 0.274. The van der Waals surface area contributed by atoms with Crippen LogP contribution in [0.25, 0.3) is 0 Å². The van der Waals surface area contributed by atoms with Gasteiger partial charge in [0.2, 0.25) is 5.82 Å². The molecule has 2 saturated heterocycles. The largest absolute Gasteiger partial charge is 0.394 e. The van der Waals surface area contributed by atoms with Gasteiger partial charge in [0, 0.05) is 19.4 Å². The van der Waals surface area contributed by atoms with Crippen molar-refractivity contribution in [2.24, 2.45) is 0 Å². The zero-order valence-corrected chi connectivity index (χ0v) is 27.9. The zero-order chi connectivity index (χ0) is 32.4. The maximum Gasteiger partial charge on any atom is 0.333 e. The van der Waals surface area contributed by atoms with Gasteiger partial charge in [-0.05, 0) is 66.2 Å². The van der Waals surface area contributed by atoms with Gasteiger partial charge in [-0.15, -0.1) is 0 Å². The highest BCUT2D eigenvalue weighted by Gasteiger charge is 2.58. The summed E-state index contributed by atoms with van der Waals surface area (Å²) in [7, 11) is 0. The Bertz CT molecular complexity index is 1310. The summed E-state index contributed by atoms with van der Waals surface area (Å²) in [5.74, 6) is -1.86. The third kappa shape index (κ3) is 9.60. The number of fused-ring (bicyclic) bond motifs is 1. The third-order valence-corrected chi connectivity index (χ3v) is 9.46. The lowest BCUT2D eigenvalue weighted by molar-refractivity contribution is -0.228. The molecule has 45 heavy (non-hydrogen) atoms. The first-order chi connectivity index (χ1) is 21.6. The molecule has 2 aliphatic heterocycles. The van der Waals surface area contributed by atoms with Crippen molar-refractivity contribution in [3.63, 3.8) is 0 Å². The summed E-state index contributed by atoms with van der Waals surface area (Å²) in [4.78, 5) is 26.5. The molecule has 3 fully saturated rings. The lowest BCUT2D eigenvalue weighted by atomic mass is 9.97. The number of rotatable bonds is 10. The minimum Gasteiger partial charge on any atom is -0.394 e. The minimum atomic E-state index is -1.04. The van der Waals surface area contributed by atoms with Crippen LogP contribution in [0.15, 0.2) is 50.7 Å². The van der Waals surface area contributed by atoms with Crippen LogP contribution >= 0.6 is 0 Å². The van der Waals surface area contributed by atoms with Gasteiger partial charge in [-0.3, -0.25) is 13.9 Å². The molecule has 1 aromatic rings. The predicted molar refractivity (Wildman–Crippen MR) is 175 cm³/mol. The molecular formula is C36H55FN2O6. The van der Waals surface area contributed by atoms with E-state index in [2.05, 4.69) is 32.9 Å². The summed E-state index contributed by atoms with van der Waals surface area (Å²) in [5.41, 5.74) is 2.02. The lowest BCUT2D eigenvalue weighted by Crippen LogP contribution is -2.44. The van der Waals surface area contributed by atoms with E-state index in [4.69, 9.17) is 14.2 Å². The molecule has 0 unspecified atom stereocenters. The monoisotopic (exact) mass is 630 g/mol. The zero-order valence-electron chi connectivity index (χ0n) is 27.9. The van der Waals surface area contributed by atoms with E-state index in [1.807, 2.05) is 13.0 Å². The normalized spacial score (nSPS) is 26.4. The van der Waals surface area contributed by atoms with Gasteiger partial charge in [-0.2, -0.15) is 4.39 Å². The molecule has 252 valence electrons. The van der Waals surface area contributed by atoms with Gasteiger partial charge in [0.1, 0.15) is 18.3 Å². The Kier molecular flexibility index (Phi) is 13.4. The van der Waals surface area contributed by atoms with Gasteiger partial charge in [-0.25, -0.2) is 4.79 Å². The highest BCUT2D eigenvalue weighted by molar-refractivity contribution is 5.07. The Morgan fingerprint density at radius 2 is 1.42 bits per heavy atom. The van der Waals surface area contributed by atoms with Crippen molar-refractivity contribution < 1.29 is 23.7 Å². The van der Waals surface area contributed by atoms with Gasteiger partial charge >= 0.3 is 5.69 Å². The van der Waals surface area contributed by atoms with Crippen molar-refractivity contribution in [2.45, 2.75) is 161 Å². The molecule has 4 atom stereocenters. The molecule has 1 aliphatic carbocycles. The fourth-order valence-electron chi connectivity index (χ4n) is 6.77. The van der Waals surface area contributed by atoms with Gasteiger partial charge in [0.15, 0.2) is 12.0 Å². The van der Waals surface area contributed by atoms with Crippen LogP contribution in [0.4, 0.5) is 4.39 Å². The molecule has 0 amide bonds. The second kappa shape index (κ2) is 17.0. The van der Waals surface area contributed by atoms with Crippen LogP contribution in [0.5, 0.6) is 0 Å². The Morgan fingerprint density at radius 1 is 0.867 bits per heavy atom. The van der Waals surface area contributed by atoms with E-state index in [9.17, 15) is 14.7 Å². The van der Waals surface area contributed by atoms with Crippen LogP contribution in [0, 0.1) is 5.82 Å². The second-order valence-corrected chi connectivity index (χ2v) is 13.5. The molecular weight excluding hydrogens is 575 g/mol. The molecule has 3 heterocycles. The summed E-state index contributed by atoms with van der Waals surface area (Å²) in [5, 5.41) is 10.2. The van der Waals surface area contributed by atoms with Crippen LogP contribution in [0.1, 0.15) is 130 Å². The van der Waals surface area contributed by atoms with Crippen LogP contribution in [0.3, 0.4) is 0 Å². The first-order valence-electron chi connectivity index (χ1n) is 17.2. The molecule has 0 radical (unpaired) electrons. The van der Waals surface area contributed by atoms with Gasteiger partial charge in [0.25, 0.3) is 5.56 Å². The highest BCUT2D eigenvalue weighted by Crippen LogP contribution is 2.47. The van der Waals surface area contributed by atoms with Crippen LogP contribution < -0.4 is 11.2 Å². The second-order valence-electron chi connectivity index (χ2n) is 13.5. The summed E-state index contributed by atoms with van der Waals surface area (Å²) in [6.07, 6.45) is 19.5. The number of aliphatic hydroxyl groups is 1. The number of aromatic nitrogens is 2. The Hall–Kier alpha value is -2.33. The van der Waals surface area contributed by atoms with Gasteiger partial charge in [0.05, 0.1) is 12.8 Å². The maximum absolute atomic E-state index is 15.1. The Labute approximate surface area is 268 Å². The van der Waals surface area contributed by atoms with Crippen LogP contribution in [-0.4, -0.2) is 44.9 Å². The first-order valence-corrected chi connectivity index (χ1v) is 17.2. The summed E-state index contributed by atoms with van der Waals surface area (Å²) >= 11 is 0. The number of aliphatic hydroxyl groups excluding tert-OH is 1. The van der Waals surface area contributed by atoms with E-state index < -0.39 is 47.4 Å². The molecule has 1 spiro atoms. The number of ether oxygens (including phenoxy) is 3. The number of allylic oxidation sites excluding steroid dienone is 6. The number of halogens is 1. The number of nitrogens with zero attached hydrogens (tertiary/aromatic N) is 2. The molecule has 0 aromatic carbocycles. The average Bonchev–Trinajstić information content (AvgIpc) is 3.52. The Morgan fingerprint density at radius 3 is 2.02 bits per heavy atom. The predicted octanol–water partition coefficient (Wildman–Crippen LogP) is 7.24. The smallest absolute Gasteiger partial charge is 0.333 e. The topological polar surface area (TPSA) is 91.9 Å². The SMILES string of the molecule is CC(C)=CCC/C(C)=C/CC/C(C)=C/Cn1c(=O)c(F)cn([C@@H]2O[C@H](CO)[C@H]3OC4(CCCCCCCCCCC4)O[C@H]32)c1=O. The molecule has 1 N–H and O–H groups in total. The van der Waals surface area contributed by atoms with Crippen molar-refractivity contribution in [1.82, 2.24) is 9.13 Å². The molecule has 8 nitrogen and oxygen atoms in total. The van der Waals surface area contributed by atoms with Gasteiger partial charge < -0.3 is 19.3 Å². The highest BCUT2D eigenvalue weighted by atomic mass is 19.1. The van der Waals surface area contributed by atoms with E-state index in [-0.39, 0.29) is 13.2 Å². The Balaban J connectivity index is 1.49. The summed E-state index contributed by atoms with van der Waals surface area (Å²) < 4.78 is 36.3. The van der Waals surface area contributed by atoms with Crippen molar-refractivity contribution in [1.29, 1.82) is 0 Å². The van der Waals surface area contributed by atoms with Crippen molar-refractivity contribution in [3.05, 3.63) is 67.8 Å². The van der Waals surface area contributed by atoms with Crippen LogP contribution in [0.2, 0.25) is 0 Å². The average molecular weight is 631 g/mol. The van der Waals surface area contributed by atoms with E-state index in [1.54, 1.807) is 0 Å². The van der Waals surface area contributed by atoms with Crippen LogP contribution in [-0.2, 0) is 20.8 Å². The lowest BCUT2D eigenvalue weighted by Gasteiger charge is -2.32. The van der Waals surface area contributed by atoms with E-state index >= 15 is 4.39 Å². The number of hydrogen-bond donors (Lipinski definition) is 1. The standard InChI is InChI=1S/C36H55FN2O6/c1-26(2)16-14-17-27(3)18-15-19-28(4)20-23-38-33(41)29(37)24-39(35(38)42)34-32-31(30(25-40)43-34)44-36(45-32)21-12-10-8-6-5-7-9-11-13-22-36/h16,18,20,24,30-32,34,40H,5-15,17,19,21-23,25H2,1-4H3/b27-18+,28-20+/t30-,31-,32-,34-/m1/s1. The summed E-state index contributed by atoms with van der Waals surface area (Å²) in [6.45, 7) is 7.92. The molecule has 9 heteroatoms. The van der Waals surface area contributed by atoms with E-state index in [0.29, 0.717) is 0 Å². The van der Waals surface area contributed by atoms with E-state index in [1.165, 1.54) is 43.3 Å². The van der Waals surface area contributed by atoms with Crippen molar-refractivity contribution in [3.8, 4) is 0 Å². The fourth-order valence-corrected chi connectivity index (χ4v) is 6.77. The fraction of sp³-hybridized carbons (Fsp3) is 0.722. The molecule has 3 aliphatic rings. The van der Waals surface area contributed by atoms with Crippen molar-refractivity contribution >= 4 is 0 Å². The van der Waals surface area contributed by atoms with E-state index in [0.717, 1.165) is 85.1 Å². The molecule has 0 bridgehead atoms. The maximum atomic E-state index is 15.1. The minimum absolute atomic E-state index is 0.0456. The van der Waals surface area contributed by atoms with Gasteiger partial charge in [-0.1, -0.05) is 79.9 Å². The molecule has 4 rings (SSSR count). The molecule has 1 aromatic heterocycles. The number of hydrogen-bond acceptors (Lipinski definition) is 6.